The molecule has 190 valence electrons. The molecular formula is C26H44N6S2. The van der Waals surface area contributed by atoms with E-state index in [4.69, 9.17) is 36.3 Å². The Labute approximate surface area is 217 Å². The number of hydrogen-bond donors (Lipinski definition) is 2. The molecule has 0 aliphatic carbocycles. The van der Waals surface area contributed by atoms with E-state index >= 15 is 0 Å². The van der Waals surface area contributed by atoms with Crippen molar-refractivity contribution in [3.8, 4) is 0 Å². The van der Waals surface area contributed by atoms with Gasteiger partial charge in [-0.1, -0.05) is 74.7 Å². The van der Waals surface area contributed by atoms with Gasteiger partial charge < -0.3 is 0 Å². The molecule has 34 heavy (non-hydrogen) atoms. The van der Waals surface area contributed by atoms with Crippen molar-refractivity contribution in [1.82, 2.24) is 0 Å². The number of azide groups is 2. The van der Waals surface area contributed by atoms with E-state index in [0.29, 0.717) is 13.1 Å². The van der Waals surface area contributed by atoms with Gasteiger partial charge in [-0.3, -0.25) is 0 Å². The van der Waals surface area contributed by atoms with Crippen LogP contribution in [0.4, 0.5) is 0 Å². The lowest BCUT2D eigenvalue weighted by molar-refractivity contribution is 0.659. The largest absolute Gasteiger partial charge is 0.171 e. The van der Waals surface area contributed by atoms with Crippen molar-refractivity contribution < 1.29 is 0 Å². The second kappa shape index (κ2) is 19.8. The molecule has 0 amide bonds. The number of nitrogens with zero attached hydrogens (tertiary/aromatic N) is 6. The van der Waals surface area contributed by atoms with Crippen LogP contribution in [0.1, 0.15) is 124 Å². The highest BCUT2D eigenvalue weighted by Crippen LogP contribution is 2.38. The zero-order valence-corrected chi connectivity index (χ0v) is 23.0. The van der Waals surface area contributed by atoms with Crippen molar-refractivity contribution >= 4 is 25.3 Å². The third kappa shape index (κ3) is 12.3. The highest BCUT2D eigenvalue weighted by Gasteiger charge is 2.19. The summed E-state index contributed by atoms with van der Waals surface area (Å²) in [5, 5.41) is 7.80. The van der Waals surface area contributed by atoms with Crippen LogP contribution in [0.25, 0.3) is 20.9 Å². The molecule has 1 rings (SSSR count). The summed E-state index contributed by atoms with van der Waals surface area (Å²) < 4.78 is 0. The Hall–Kier alpha value is -1.46. The summed E-state index contributed by atoms with van der Waals surface area (Å²) in [5.41, 5.74) is 22.6. The molecule has 0 aliphatic heterocycles. The van der Waals surface area contributed by atoms with Crippen LogP contribution in [-0.2, 0) is 12.8 Å². The second-order valence-electron chi connectivity index (χ2n) is 9.10. The SMILES string of the molecule is CCCCC(S)c1cc(CCCCCN=[N+]=[N-])c(CCCCCN=[N+]=[N-])cc1C(S)CCCC. The molecule has 0 fully saturated rings. The summed E-state index contributed by atoms with van der Waals surface area (Å²) in [5.74, 6) is 0. The summed E-state index contributed by atoms with van der Waals surface area (Å²) >= 11 is 10.1. The van der Waals surface area contributed by atoms with Gasteiger partial charge in [0.25, 0.3) is 0 Å². The van der Waals surface area contributed by atoms with Crippen molar-refractivity contribution in [3.63, 3.8) is 0 Å². The van der Waals surface area contributed by atoms with Gasteiger partial charge in [-0.05, 0) is 84.7 Å². The lowest BCUT2D eigenvalue weighted by Gasteiger charge is -2.24. The molecule has 0 heterocycles. The predicted molar refractivity (Wildman–Crippen MR) is 152 cm³/mol. The molecule has 8 heteroatoms. The molecule has 0 aliphatic rings. The molecule has 2 unspecified atom stereocenters. The number of benzene rings is 1. The van der Waals surface area contributed by atoms with Gasteiger partial charge in [-0.25, -0.2) is 0 Å². The number of thiol groups is 2. The molecule has 6 nitrogen and oxygen atoms in total. The first-order chi connectivity index (χ1) is 16.6. The highest BCUT2D eigenvalue weighted by molar-refractivity contribution is 7.80. The van der Waals surface area contributed by atoms with Crippen molar-refractivity contribution in [1.29, 1.82) is 0 Å². The van der Waals surface area contributed by atoms with Gasteiger partial charge >= 0.3 is 0 Å². The molecule has 1 aromatic rings. The van der Waals surface area contributed by atoms with E-state index < -0.39 is 0 Å². The van der Waals surface area contributed by atoms with Crippen molar-refractivity contribution in [2.75, 3.05) is 13.1 Å². The smallest absolute Gasteiger partial charge is 0.0270 e. The van der Waals surface area contributed by atoms with Gasteiger partial charge in [0, 0.05) is 33.4 Å². The van der Waals surface area contributed by atoms with Crippen molar-refractivity contribution in [2.45, 2.75) is 114 Å². The molecule has 0 aromatic heterocycles. The minimum Gasteiger partial charge on any atom is -0.171 e. The molecule has 2 atom stereocenters. The van der Waals surface area contributed by atoms with E-state index in [1.165, 1.54) is 47.9 Å². The first-order valence-electron chi connectivity index (χ1n) is 13.1. The number of aryl methyl sites for hydroxylation is 2. The lowest BCUT2D eigenvalue weighted by Crippen LogP contribution is -2.07. The van der Waals surface area contributed by atoms with Crippen molar-refractivity contribution in [3.05, 3.63) is 55.3 Å². The van der Waals surface area contributed by atoms with Crippen LogP contribution in [0.15, 0.2) is 22.4 Å². The van der Waals surface area contributed by atoms with E-state index in [1.54, 1.807) is 0 Å². The van der Waals surface area contributed by atoms with Crippen LogP contribution < -0.4 is 0 Å². The van der Waals surface area contributed by atoms with E-state index in [1.807, 2.05) is 0 Å². The molecule has 0 N–H and O–H groups in total. The maximum Gasteiger partial charge on any atom is 0.0270 e. The Morgan fingerprint density at radius 3 is 1.44 bits per heavy atom. The van der Waals surface area contributed by atoms with E-state index in [9.17, 15) is 0 Å². The Morgan fingerprint density at radius 1 is 0.676 bits per heavy atom. The minimum atomic E-state index is 0.243. The third-order valence-electron chi connectivity index (χ3n) is 6.32. The lowest BCUT2D eigenvalue weighted by atomic mass is 9.88. The topological polar surface area (TPSA) is 97.5 Å². The number of unbranched alkanes of at least 4 members (excludes halogenated alkanes) is 6. The molecule has 0 saturated carbocycles. The minimum absolute atomic E-state index is 0.243. The maximum absolute atomic E-state index is 8.48. The fourth-order valence-corrected chi connectivity index (χ4v) is 5.13. The molecule has 0 radical (unpaired) electrons. The van der Waals surface area contributed by atoms with Crippen LogP contribution in [0, 0.1) is 0 Å². The standard InChI is InChI=1S/C26H44N6S2/c1-3-5-15-25(33)23-19-21(13-9-7-11-17-29-31-27)22(14-10-8-12-18-30-32-28)20-24(23)26(34)16-6-4-2/h19-20,25-26,33-34H,3-18H2,1-2H3. The summed E-state index contributed by atoms with van der Waals surface area (Å²) in [6.45, 7) is 5.62. The van der Waals surface area contributed by atoms with E-state index in [-0.39, 0.29) is 10.5 Å². The first kappa shape index (κ1) is 30.6. The Morgan fingerprint density at radius 2 is 1.09 bits per heavy atom. The van der Waals surface area contributed by atoms with Crippen LogP contribution in [0.2, 0.25) is 0 Å². The van der Waals surface area contributed by atoms with Crippen LogP contribution >= 0.6 is 25.3 Å². The molecule has 0 spiro atoms. The van der Waals surface area contributed by atoms with Gasteiger partial charge in [-0.2, -0.15) is 25.3 Å². The number of rotatable bonds is 20. The van der Waals surface area contributed by atoms with Gasteiger partial charge in [0.2, 0.25) is 0 Å². The normalized spacial score (nSPS) is 12.6. The van der Waals surface area contributed by atoms with Gasteiger partial charge in [-0.15, -0.1) is 0 Å². The van der Waals surface area contributed by atoms with Gasteiger partial charge in [0.1, 0.15) is 0 Å². The molecule has 0 saturated heterocycles. The predicted octanol–water partition coefficient (Wildman–Crippen LogP) is 10.1. The second-order valence-corrected chi connectivity index (χ2v) is 10.3. The van der Waals surface area contributed by atoms with E-state index in [2.05, 4.69) is 46.0 Å². The summed E-state index contributed by atoms with van der Waals surface area (Å²) in [4.78, 5) is 5.70. The van der Waals surface area contributed by atoms with Crippen molar-refractivity contribution in [2.24, 2.45) is 10.2 Å². The molecule has 1 aromatic carbocycles. The maximum atomic E-state index is 8.48. The van der Waals surface area contributed by atoms with Gasteiger partial charge in [0.05, 0.1) is 0 Å². The van der Waals surface area contributed by atoms with Crippen LogP contribution in [0.5, 0.6) is 0 Å². The molecular weight excluding hydrogens is 460 g/mol. The van der Waals surface area contributed by atoms with Gasteiger partial charge in [0.15, 0.2) is 0 Å². The fraction of sp³-hybridized carbons (Fsp3) is 0.769. The van der Waals surface area contributed by atoms with Crippen LogP contribution in [-0.4, -0.2) is 13.1 Å². The summed E-state index contributed by atoms with van der Waals surface area (Å²) in [6.07, 6.45) is 15.2. The Bertz CT molecular complexity index is 723. The Balaban J connectivity index is 3.12. The first-order valence-corrected chi connectivity index (χ1v) is 14.2. The average molecular weight is 505 g/mol. The number of hydrogen-bond acceptors (Lipinski definition) is 4. The highest BCUT2D eigenvalue weighted by atomic mass is 32.1. The quantitative estimate of drug-likeness (QED) is 0.0580. The monoisotopic (exact) mass is 504 g/mol. The summed E-state index contributed by atoms with van der Waals surface area (Å²) in [6, 6.07) is 4.86. The molecule has 0 bridgehead atoms. The van der Waals surface area contributed by atoms with E-state index in [0.717, 1.165) is 64.2 Å². The third-order valence-corrected chi connectivity index (χ3v) is 7.39. The van der Waals surface area contributed by atoms with Crippen LogP contribution in [0.3, 0.4) is 0 Å². The summed E-state index contributed by atoms with van der Waals surface area (Å²) in [7, 11) is 0. The fourth-order valence-electron chi connectivity index (χ4n) is 4.31. The average Bonchev–Trinajstić information content (AvgIpc) is 2.85. The zero-order chi connectivity index (χ0) is 25.0. The zero-order valence-electron chi connectivity index (χ0n) is 21.2. The Kier molecular flexibility index (Phi) is 17.8.